The van der Waals surface area contributed by atoms with Gasteiger partial charge in [-0.05, 0) is 44.4 Å². The molecule has 1 rings (SSSR count). The largest absolute Gasteiger partial charge is 0.357 e. The molecule has 1 aromatic rings. The second kappa shape index (κ2) is 13.8. The first-order valence-corrected chi connectivity index (χ1v) is 11.4. The van der Waals surface area contributed by atoms with Crippen molar-refractivity contribution in [2.24, 2.45) is 4.99 Å². The number of carbonyl (C=O) groups is 1. The molecule has 0 fully saturated rings. The molecule has 0 radical (unpaired) electrons. The molecular weight excluding hydrogens is 491 g/mol. The van der Waals surface area contributed by atoms with E-state index in [-0.39, 0.29) is 41.7 Å². The second-order valence-electron chi connectivity index (χ2n) is 6.62. The first kappa shape index (κ1) is 26.6. The average molecular weight is 524 g/mol. The number of guanidine groups is 1. The van der Waals surface area contributed by atoms with Crippen molar-refractivity contribution >= 4 is 45.7 Å². The number of rotatable bonds is 10. The highest BCUT2D eigenvalue weighted by molar-refractivity contribution is 14.0. The number of hydrogen-bond donors (Lipinski definition) is 3. The molecule has 1 aromatic carbocycles. The minimum absolute atomic E-state index is 0. The van der Waals surface area contributed by atoms with Crippen molar-refractivity contribution < 1.29 is 13.2 Å². The van der Waals surface area contributed by atoms with Crippen molar-refractivity contribution in [1.29, 1.82) is 0 Å². The molecule has 1 atom stereocenters. The SMILES string of the molecule is CCCNC(=O)c1cccc(CN=C(NCC)NC(C)CCS(C)(=O)=O)c1.I. The standard InChI is InChI=1S/C19H32N4O3S.HI/c1-5-11-21-18(24)17-9-7-8-16(13-17)14-22-19(20-6-2)23-15(3)10-12-27(4,25)26;/h7-9,13,15H,5-6,10-12,14H2,1-4H3,(H,21,24)(H2,20,22,23);1H. The molecule has 7 nitrogen and oxygen atoms in total. The van der Waals surface area contributed by atoms with Gasteiger partial charge in [0.05, 0.1) is 12.3 Å². The Hall–Kier alpha value is -1.36. The van der Waals surface area contributed by atoms with Crippen molar-refractivity contribution in [2.45, 2.75) is 46.2 Å². The van der Waals surface area contributed by atoms with Crippen LogP contribution in [0.25, 0.3) is 0 Å². The zero-order valence-electron chi connectivity index (χ0n) is 17.1. The normalized spacial score (nSPS) is 12.6. The summed E-state index contributed by atoms with van der Waals surface area (Å²) in [7, 11) is -2.98. The van der Waals surface area contributed by atoms with Gasteiger partial charge in [-0.3, -0.25) is 4.79 Å². The summed E-state index contributed by atoms with van der Waals surface area (Å²) in [5.41, 5.74) is 1.55. The Kier molecular flexibility index (Phi) is 13.1. The lowest BCUT2D eigenvalue weighted by molar-refractivity contribution is 0.0953. The molecule has 0 aliphatic rings. The van der Waals surface area contributed by atoms with E-state index < -0.39 is 9.84 Å². The van der Waals surface area contributed by atoms with Gasteiger partial charge in [0.1, 0.15) is 9.84 Å². The van der Waals surface area contributed by atoms with E-state index in [1.165, 1.54) is 6.26 Å². The van der Waals surface area contributed by atoms with Crippen molar-refractivity contribution in [3.8, 4) is 0 Å². The molecule has 0 aliphatic carbocycles. The number of sulfone groups is 1. The summed E-state index contributed by atoms with van der Waals surface area (Å²) in [5, 5.41) is 9.24. The van der Waals surface area contributed by atoms with Crippen LogP contribution >= 0.6 is 24.0 Å². The summed E-state index contributed by atoms with van der Waals surface area (Å²) in [6.07, 6.45) is 2.64. The van der Waals surface area contributed by atoms with E-state index in [9.17, 15) is 13.2 Å². The van der Waals surface area contributed by atoms with Crippen molar-refractivity contribution in [2.75, 3.05) is 25.1 Å². The smallest absolute Gasteiger partial charge is 0.251 e. The molecule has 0 aliphatic heterocycles. The minimum Gasteiger partial charge on any atom is -0.357 e. The molecule has 9 heteroatoms. The van der Waals surface area contributed by atoms with E-state index in [4.69, 9.17) is 0 Å². The van der Waals surface area contributed by atoms with Gasteiger partial charge in [0.15, 0.2) is 5.96 Å². The lowest BCUT2D eigenvalue weighted by Gasteiger charge is -2.17. The molecule has 0 spiro atoms. The fraction of sp³-hybridized carbons (Fsp3) is 0.579. The number of hydrogen-bond acceptors (Lipinski definition) is 4. The molecule has 28 heavy (non-hydrogen) atoms. The number of halogens is 1. The molecule has 1 amide bonds. The predicted octanol–water partition coefficient (Wildman–Crippen LogP) is 2.32. The maximum atomic E-state index is 12.1. The van der Waals surface area contributed by atoms with Gasteiger partial charge in [0.2, 0.25) is 0 Å². The lowest BCUT2D eigenvalue weighted by atomic mass is 10.1. The van der Waals surface area contributed by atoms with E-state index in [0.29, 0.717) is 37.6 Å². The lowest BCUT2D eigenvalue weighted by Crippen LogP contribution is -2.42. The fourth-order valence-corrected chi connectivity index (χ4v) is 3.12. The van der Waals surface area contributed by atoms with Crippen LogP contribution in [0.5, 0.6) is 0 Å². The van der Waals surface area contributed by atoms with Gasteiger partial charge >= 0.3 is 0 Å². The first-order chi connectivity index (χ1) is 12.7. The Labute approximate surface area is 186 Å². The average Bonchev–Trinajstić information content (AvgIpc) is 2.62. The van der Waals surface area contributed by atoms with Gasteiger partial charge in [-0.25, -0.2) is 13.4 Å². The van der Waals surface area contributed by atoms with Crippen LogP contribution in [-0.2, 0) is 16.4 Å². The third-order valence-electron chi connectivity index (χ3n) is 3.79. The van der Waals surface area contributed by atoms with Gasteiger partial charge < -0.3 is 16.0 Å². The van der Waals surface area contributed by atoms with Gasteiger partial charge in [-0.1, -0.05) is 19.1 Å². The topological polar surface area (TPSA) is 99.7 Å². The Morgan fingerprint density at radius 3 is 2.54 bits per heavy atom. The van der Waals surface area contributed by atoms with Crippen molar-refractivity contribution in [3.63, 3.8) is 0 Å². The van der Waals surface area contributed by atoms with Crippen LogP contribution in [0.2, 0.25) is 0 Å². The molecule has 0 heterocycles. The second-order valence-corrected chi connectivity index (χ2v) is 8.88. The van der Waals surface area contributed by atoms with Crippen LogP contribution in [0.15, 0.2) is 29.3 Å². The summed E-state index contributed by atoms with van der Waals surface area (Å²) in [6.45, 7) is 7.68. The first-order valence-electron chi connectivity index (χ1n) is 9.34. The van der Waals surface area contributed by atoms with Crippen LogP contribution in [0, 0.1) is 0 Å². The van der Waals surface area contributed by atoms with E-state index in [1.807, 2.05) is 39.0 Å². The molecule has 0 saturated carbocycles. The summed E-state index contributed by atoms with van der Waals surface area (Å²) in [4.78, 5) is 16.6. The summed E-state index contributed by atoms with van der Waals surface area (Å²) >= 11 is 0. The molecule has 160 valence electrons. The zero-order chi connectivity index (χ0) is 20.3. The summed E-state index contributed by atoms with van der Waals surface area (Å²) in [6, 6.07) is 7.38. The van der Waals surface area contributed by atoms with Gasteiger partial charge in [-0.2, -0.15) is 0 Å². The Morgan fingerprint density at radius 1 is 1.21 bits per heavy atom. The van der Waals surface area contributed by atoms with Crippen LogP contribution < -0.4 is 16.0 Å². The van der Waals surface area contributed by atoms with Crippen molar-refractivity contribution in [1.82, 2.24) is 16.0 Å². The van der Waals surface area contributed by atoms with Crippen LogP contribution in [0.3, 0.4) is 0 Å². The highest BCUT2D eigenvalue weighted by Crippen LogP contribution is 2.07. The van der Waals surface area contributed by atoms with Crippen LogP contribution in [0.4, 0.5) is 0 Å². The molecule has 0 aromatic heterocycles. The highest BCUT2D eigenvalue weighted by Gasteiger charge is 2.10. The van der Waals surface area contributed by atoms with E-state index in [2.05, 4.69) is 20.9 Å². The number of nitrogens with one attached hydrogen (secondary N) is 3. The molecule has 1 unspecified atom stereocenters. The quantitative estimate of drug-likeness (QED) is 0.248. The Morgan fingerprint density at radius 2 is 1.93 bits per heavy atom. The molecule has 0 bridgehead atoms. The summed E-state index contributed by atoms with van der Waals surface area (Å²) < 4.78 is 22.6. The number of carbonyl (C=O) groups excluding carboxylic acids is 1. The maximum absolute atomic E-state index is 12.1. The third-order valence-corrected chi connectivity index (χ3v) is 4.77. The third kappa shape index (κ3) is 11.5. The molecule has 3 N–H and O–H groups in total. The van der Waals surface area contributed by atoms with Gasteiger partial charge in [-0.15, -0.1) is 24.0 Å². The van der Waals surface area contributed by atoms with Crippen molar-refractivity contribution in [3.05, 3.63) is 35.4 Å². The monoisotopic (exact) mass is 524 g/mol. The molecular formula is C19H33IN4O3S. The van der Waals surface area contributed by atoms with E-state index in [1.54, 1.807) is 6.07 Å². The van der Waals surface area contributed by atoms with E-state index in [0.717, 1.165) is 12.0 Å². The van der Waals surface area contributed by atoms with E-state index >= 15 is 0 Å². The maximum Gasteiger partial charge on any atom is 0.251 e. The summed E-state index contributed by atoms with van der Waals surface area (Å²) in [5.74, 6) is 0.677. The molecule has 0 saturated heterocycles. The Balaban J connectivity index is 0.00000729. The highest BCUT2D eigenvalue weighted by atomic mass is 127. The predicted molar refractivity (Wildman–Crippen MR) is 126 cm³/mol. The Bertz CT molecular complexity index is 738. The van der Waals surface area contributed by atoms with Crippen LogP contribution in [-0.4, -0.2) is 51.4 Å². The van der Waals surface area contributed by atoms with Gasteiger partial charge in [0.25, 0.3) is 5.91 Å². The number of benzene rings is 1. The fourth-order valence-electron chi connectivity index (χ4n) is 2.34. The number of aliphatic imine (C=N–C) groups is 1. The van der Waals surface area contributed by atoms with Crippen LogP contribution in [0.1, 0.15) is 49.5 Å². The zero-order valence-corrected chi connectivity index (χ0v) is 20.3. The number of nitrogens with zero attached hydrogens (tertiary/aromatic N) is 1. The number of amides is 1. The minimum atomic E-state index is -2.98. The van der Waals surface area contributed by atoms with Gasteiger partial charge in [0, 0.05) is 31.0 Å².